The summed E-state index contributed by atoms with van der Waals surface area (Å²) in [6, 6.07) is 3.55. The molecule has 0 saturated carbocycles. The molecule has 0 heterocycles. The highest BCUT2D eigenvalue weighted by Gasteiger charge is 2.11. The van der Waals surface area contributed by atoms with Crippen LogP contribution in [0.3, 0.4) is 0 Å². The Morgan fingerprint density at radius 1 is 1.50 bits per heavy atom. The fraction of sp³-hybridized carbons (Fsp3) is 0.222. The first-order valence-electron chi connectivity index (χ1n) is 4.20. The molecule has 0 aliphatic rings. The molecule has 4 nitrogen and oxygen atoms in total. The number of hydrogen-bond acceptors (Lipinski definition) is 3. The zero-order chi connectivity index (χ0) is 12.3. The highest BCUT2D eigenvalue weighted by molar-refractivity contribution is 9.09. The van der Waals surface area contributed by atoms with Crippen LogP contribution in [-0.2, 0) is 10.0 Å². The largest absolute Gasteiger partial charge is 0.293 e. The van der Waals surface area contributed by atoms with Gasteiger partial charge in [-0.1, -0.05) is 15.9 Å². The van der Waals surface area contributed by atoms with Gasteiger partial charge in [0.2, 0.25) is 10.0 Å². The number of ketones is 1. The van der Waals surface area contributed by atoms with Crippen LogP contribution in [-0.4, -0.2) is 25.8 Å². The molecule has 0 amide bonds. The van der Waals surface area contributed by atoms with Gasteiger partial charge in [-0.3, -0.25) is 9.52 Å². The summed E-state index contributed by atoms with van der Waals surface area (Å²) in [5.74, 6) is -1.15. The summed E-state index contributed by atoms with van der Waals surface area (Å²) in [7, 11) is -3.44. The van der Waals surface area contributed by atoms with Gasteiger partial charge >= 0.3 is 0 Å². The number of benzene rings is 1. The van der Waals surface area contributed by atoms with E-state index < -0.39 is 21.6 Å². The minimum Gasteiger partial charge on any atom is -0.293 e. The lowest BCUT2D eigenvalue weighted by molar-refractivity contribution is 0.102. The Hall–Kier alpha value is -0.950. The van der Waals surface area contributed by atoms with Gasteiger partial charge in [0, 0.05) is 0 Å². The number of sulfonamides is 1. The van der Waals surface area contributed by atoms with Gasteiger partial charge < -0.3 is 0 Å². The molecule has 0 atom stereocenters. The average molecular weight is 310 g/mol. The maximum absolute atomic E-state index is 13.4. The molecule has 1 N–H and O–H groups in total. The Bertz CT molecular complexity index is 515. The molecule has 0 aliphatic heterocycles. The summed E-state index contributed by atoms with van der Waals surface area (Å²) < 4.78 is 37.3. The first kappa shape index (κ1) is 13.1. The molecule has 88 valence electrons. The van der Waals surface area contributed by atoms with Gasteiger partial charge in [0.05, 0.1) is 22.8 Å². The lowest BCUT2D eigenvalue weighted by Gasteiger charge is -2.05. The van der Waals surface area contributed by atoms with E-state index >= 15 is 0 Å². The summed E-state index contributed by atoms with van der Waals surface area (Å²) in [5.41, 5.74) is 0.0158. The van der Waals surface area contributed by atoms with Gasteiger partial charge in [-0.05, 0) is 18.2 Å². The number of hydrogen-bond donors (Lipinski definition) is 1. The van der Waals surface area contributed by atoms with E-state index in [4.69, 9.17) is 0 Å². The van der Waals surface area contributed by atoms with Crippen LogP contribution in [0, 0.1) is 5.82 Å². The van der Waals surface area contributed by atoms with Gasteiger partial charge in [0.15, 0.2) is 5.78 Å². The van der Waals surface area contributed by atoms with Crippen LogP contribution in [0.15, 0.2) is 18.2 Å². The molecule has 1 aromatic carbocycles. The van der Waals surface area contributed by atoms with E-state index in [1.54, 1.807) is 0 Å². The number of anilines is 1. The first-order valence-corrected chi connectivity index (χ1v) is 7.21. The Kier molecular flexibility index (Phi) is 4.03. The minimum atomic E-state index is -3.44. The van der Waals surface area contributed by atoms with E-state index in [9.17, 15) is 17.6 Å². The van der Waals surface area contributed by atoms with E-state index in [1.807, 2.05) is 0 Å². The Morgan fingerprint density at radius 3 is 2.56 bits per heavy atom. The lowest BCUT2D eigenvalue weighted by Crippen LogP contribution is -2.11. The number of halogens is 2. The molecule has 16 heavy (non-hydrogen) atoms. The molecule has 0 radical (unpaired) electrons. The van der Waals surface area contributed by atoms with Crippen molar-refractivity contribution in [1.82, 2.24) is 0 Å². The van der Waals surface area contributed by atoms with Crippen LogP contribution in [0.2, 0.25) is 0 Å². The number of carbonyl (C=O) groups excluding carboxylic acids is 1. The fourth-order valence-electron chi connectivity index (χ4n) is 1.09. The Morgan fingerprint density at radius 2 is 2.12 bits per heavy atom. The van der Waals surface area contributed by atoms with Gasteiger partial charge in [-0.25, -0.2) is 12.8 Å². The summed E-state index contributed by atoms with van der Waals surface area (Å²) in [6.07, 6.45) is 0.961. The van der Waals surface area contributed by atoms with E-state index in [2.05, 4.69) is 20.7 Å². The smallest absolute Gasteiger partial charge is 0.229 e. The van der Waals surface area contributed by atoms with Crippen molar-refractivity contribution in [3.8, 4) is 0 Å². The summed E-state index contributed by atoms with van der Waals surface area (Å²) in [5, 5.41) is 0.0166. The van der Waals surface area contributed by atoms with Crippen molar-refractivity contribution in [2.75, 3.05) is 16.3 Å². The van der Waals surface area contributed by atoms with Gasteiger partial charge in [-0.2, -0.15) is 0 Å². The quantitative estimate of drug-likeness (QED) is 0.681. The molecule has 0 bridgehead atoms. The van der Waals surface area contributed by atoms with E-state index in [0.717, 1.165) is 12.3 Å². The van der Waals surface area contributed by atoms with Crippen molar-refractivity contribution < 1.29 is 17.6 Å². The predicted molar refractivity (Wildman–Crippen MR) is 63.0 cm³/mol. The highest BCUT2D eigenvalue weighted by Crippen LogP contribution is 2.16. The molecule has 0 saturated heterocycles. The number of carbonyl (C=O) groups is 1. The third-order valence-electron chi connectivity index (χ3n) is 1.69. The van der Waals surface area contributed by atoms with Gasteiger partial charge in [0.25, 0.3) is 0 Å². The summed E-state index contributed by atoms with van der Waals surface area (Å²) in [6.45, 7) is 0. The average Bonchev–Trinajstić information content (AvgIpc) is 2.14. The van der Waals surface area contributed by atoms with Crippen molar-refractivity contribution in [3.05, 3.63) is 29.6 Å². The number of rotatable bonds is 4. The first-order chi connectivity index (χ1) is 7.33. The summed E-state index contributed by atoms with van der Waals surface area (Å²) >= 11 is 2.93. The Balaban J connectivity index is 3.05. The second-order valence-electron chi connectivity index (χ2n) is 3.13. The normalized spacial score (nSPS) is 11.2. The Labute approximate surface area is 101 Å². The zero-order valence-electron chi connectivity index (χ0n) is 8.33. The topological polar surface area (TPSA) is 63.2 Å². The third kappa shape index (κ3) is 3.57. The maximum Gasteiger partial charge on any atom is 0.229 e. The van der Waals surface area contributed by atoms with Crippen molar-refractivity contribution in [2.45, 2.75) is 0 Å². The number of nitrogens with one attached hydrogen (secondary N) is 1. The van der Waals surface area contributed by atoms with Crippen molar-refractivity contribution in [1.29, 1.82) is 0 Å². The standard InChI is InChI=1S/C9H9BrFNO3S/c1-16(14,15)12-6-2-3-7(8(11)4-6)9(13)5-10/h2-4,12H,5H2,1H3. The monoisotopic (exact) mass is 309 g/mol. The van der Waals surface area contributed by atoms with Gasteiger partial charge in [0.1, 0.15) is 5.82 Å². The second-order valence-corrected chi connectivity index (χ2v) is 5.43. The molecule has 1 rings (SSSR count). The molecule has 7 heteroatoms. The van der Waals surface area contributed by atoms with Crippen molar-refractivity contribution >= 4 is 37.4 Å². The van der Waals surface area contributed by atoms with Crippen LogP contribution in [0.5, 0.6) is 0 Å². The van der Waals surface area contributed by atoms with Gasteiger partial charge in [-0.15, -0.1) is 0 Å². The van der Waals surface area contributed by atoms with E-state index in [-0.39, 0.29) is 16.6 Å². The minimum absolute atomic E-state index is 0.0166. The lowest BCUT2D eigenvalue weighted by atomic mass is 10.1. The highest BCUT2D eigenvalue weighted by atomic mass is 79.9. The van der Waals surface area contributed by atoms with Crippen molar-refractivity contribution in [2.24, 2.45) is 0 Å². The van der Waals surface area contributed by atoms with Crippen LogP contribution < -0.4 is 4.72 Å². The third-order valence-corrected chi connectivity index (χ3v) is 2.81. The molecule has 1 aromatic rings. The molecule has 0 spiro atoms. The zero-order valence-corrected chi connectivity index (χ0v) is 10.7. The SMILES string of the molecule is CS(=O)(=O)Nc1ccc(C(=O)CBr)c(F)c1. The molecule has 0 aliphatic carbocycles. The number of Topliss-reactive ketones (excluding diaryl/α,β-unsaturated/α-hetero) is 1. The number of alkyl halides is 1. The van der Waals surface area contributed by atoms with Crippen LogP contribution in [0.25, 0.3) is 0 Å². The van der Waals surface area contributed by atoms with Crippen LogP contribution >= 0.6 is 15.9 Å². The van der Waals surface area contributed by atoms with E-state index in [0.29, 0.717) is 0 Å². The second kappa shape index (κ2) is 4.92. The summed E-state index contributed by atoms with van der Waals surface area (Å²) in [4.78, 5) is 11.2. The molecular formula is C9H9BrFNO3S. The molecule has 0 fully saturated rings. The van der Waals surface area contributed by atoms with Crippen LogP contribution in [0.1, 0.15) is 10.4 Å². The maximum atomic E-state index is 13.4. The van der Waals surface area contributed by atoms with Crippen LogP contribution in [0.4, 0.5) is 10.1 Å². The van der Waals surface area contributed by atoms with Crippen molar-refractivity contribution in [3.63, 3.8) is 0 Å². The van der Waals surface area contributed by atoms with E-state index in [1.165, 1.54) is 12.1 Å². The molecule has 0 aromatic heterocycles. The fourth-order valence-corrected chi connectivity index (χ4v) is 1.95. The molecule has 0 unspecified atom stereocenters. The predicted octanol–water partition coefficient (Wildman–Crippen LogP) is 1.77. The molecular weight excluding hydrogens is 301 g/mol.